The van der Waals surface area contributed by atoms with E-state index in [0.29, 0.717) is 0 Å². The van der Waals surface area contributed by atoms with Gasteiger partial charge in [0.25, 0.3) is 0 Å². The summed E-state index contributed by atoms with van der Waals surface area (Å²) in [6.45, 7) is 3.09. The number of aliphatic carboxylic acids is 1. The molecule has 0 fully saturated rings. The van der Waals surface area contributed by atoms with Crippen molar-refractivity contribution in [1.29, 1.82) is 0 Å². The summed E-state index contributed by atoms with van der Waals surface area (Å²) in [5.74, 6) is -0.856. The average Bonchev–Trinajstić information content (AvgIpc) is 1.61. The lowest BCUT2D eigenvalue weighted by Crippen LogP contribution is -2.02. The molecule has 0 spiro atoms. The van der Waals surface area contributed by atoms with Crippen molar-refractivity contribution in [3.8, 4) is 0 Å². The van der Waals surface area contributed by atoms with Gasteiger partial charge in [-0.15, -0.1) is 0 Å². The molecule has 0 aromatic carbocycles. The number of carboxylic acids is 1. The van der Waals surface area contributed by atoms with Crippen LogP contribution < -0.4 is 0 Å². The molecule has 0 rings (SSSR count). The molecule has 61 valence electrons. The maximum Gasteiger partial charge on any atom is 0.673 e. The average molecular weight is 160 g/mol. The van der Waals surface area contributed by atoms with Gasteiger partial charge in [0.15, 0.2) is 0 Å². The van der Waals surface area contributed by atoms with Gasteiger partial charge in [-0.1, -0.05) is 0 Å². The van der Waals surface area contributed by atoms with E-state index in [1.54, 1.807) is 0 Å². The Balaban J connectivity index is 0. The molecule has 0 aliphatic carbocycles. The third-order valence-electron chi connectivity index (χ3n) is 0.214. The monoisotopic (exact) mass is 160 g/mol. The largest absolute Gasteiger partial charge is 0.673 e. The first-order valence-electron chi connectivity index (χ1n) is 2.15. The molecule has 0 saturated carbocycles. The smallest absolute Gasteiger partial charge is 0.481 e. The van der Waals surface area contributed by atoms with E-state index in [4.69, 9.17) is 5.11 Å². The molecule has 0 unspecified atom stereocenters. The Bertz CT molecular complexity index is 95.2. The Labute approximate surface area is 54.9 Å². The molecule has 0 aromatic rings. The van der Waals surface area contributed by atoms with Crippen LogP contribution in [-0.2, 0) is 4.79 Å². The minimum Gasteiger partial charge on any atom is -0.481 e. The molecule has 1 radical (unpaired) electrons. The third kappa shape index (κ3) is 180. The predicted molar refractivity (Wildman–Crippen MR) is 27.8 cm³/mol. The predicted octanol–water partition coefficient (Wildman–Crippen LogP) is 1.60. The summed E-state index contributed by atoms with van der Waals surface area (Å²) >= 11 is 0. The van der Waals surface area contributed by atoms with Crippen molar-refractivity contribution < 1.29 is 27.2 Å². The molecular formula is C3H5BF4O2-. The zero-order valence-electron chi connectivity index (χ0n) is 4.86. The molecule has 0 amide bonds. The van der Waals surface area contributed by atoms with Crippen LogP contribution in [0.2, 0.25) is 0 Å². The second kappa shape index (κ2) is 5.07. The molecule has 10 heavy (non-hydrogen) atoms. The number of rotatable bonds is 1. The van der Waals surface area contributed by atoms with E-state index in [-0.39, 0.29) is 6.42 Å². The van der Waals surface area contributed by atoms with E-state index in [1.165, 1.54) is 0 Å². The van der Waals surface area contributed by atoms with Gasteiger partial charge in [-0.05, 0) is 6.92 Å². The number of carboxylic acid groups (broad SMARTS) is 1. The van der Waals surface area contributed by atoms with Crippen LogP contribution in [0.4, 0.5) is 17.3 Å². The lowest BCUT2D eigenvalue weighted by molar-refractivity contribution is -0.136. The Kier molecular flexibility index (Phi) is 6.08. The molecule has 1 N–H and O–H groups in total. The third-order valence-corrected chi connectivity index (χ3v) is 0.214. The van der Waals surface area contributed by atoms with Crippen molar-refractivity contribution in [3.05, 3.63) is 6.92 Å². The highest BCUT2D eigenvalue weighted by atomic mass is 19.5. The van der Waals surface area contributed by atoms with E-state index in [2.05, 4.69) is 6.92 Å². The molecular weight excluding hydrogens is 155 g/mol. The summed E-state index contributed by atoms with van der Waals surface area (Å²) in [6.07, 6.45) is -0.0278. The summed E-state index contributed by atoms with van der Waals surface area (Å²) in [5.41, 5.74) is 0. The van der Waals surface area contributed by atoms with Crippen LogP contribution in [0.25, 0.3) is 0 Å². The summed E-state index contributed by atoms with van der Waals surface area (Å²) in [7, 11) is -6.00. The maximum absolute atomic E-state index is 9.75. The van der Waals surface area contributed by atoms with Crippen LogP contribution in [0.15, 0.2) is 0 Å². The lowest BCUT2D eigenvalue weighted by Gasteiger charge is -1.94. The molecule has 0 atom stereocenters. The molecule has 7 heteroatoms. The number of halogens is 4. The zero-order valence-corrected chi connectivity index (χ0v) is 4.86. The van der Waals surface area contributed by atoms with Crippen LogP contribution in [0.1, 0.15) is 6.42 Å². The van der Waals surface area contributed by atoms with Gasteiger partial charge in [-0.2, -0.15) is 0 Å². The Morgan fingerprint density at radius 2 is 1.50 bits per heavy atom. The maximum atomic E-state index is 9.75. The molecule has 2 nitrogen and oxygen atoms in total. The van der Waals surface area contributed by atoms with Crippen molar-refractivity contribution in [2.24, 2.45) is 0 Å². The van der Waals surface area contributed by atoms with Crippen LogP contribution >= 0.6 is 0 Å². The van der Waals surface area contributed by atoms with Gasteiger partial charge in [0.2, 0.25) is 0 Å². The van der Waals surface area contributed by atoms with Gasteiger partial charge in [-0.25, -0.2) is 0 Å². The standard InChI is InChI=1S/C3H5O2.BF4/c1-2-3(4)5;2-1(3,4)5/h1-2H2,(H,4,5);/q;-1. The van der Waals surface area contributed by atoms with Gasteiger partial charge in [0.05, 0.1) is 0 Å². The normalized spacial score (nSPS) is 9.70. The van der Waals surface area contributed by atoms with E-state index in [0.717, 1.165) is 0 Å². The van der Waals surface area contributed by atoms with Gasteiger partial charge >= 0.3 is 13.2 Å². The highest BCUT2D eigenvalue weighted by Gasteiger charge is 2.20. The number of carbonyl (C=O) groups is 1. The van der Waals surface area contributed by atoms with Crippen LogP contribution in [-0.4, -0.2) is 18.3 Å². The fourth-order valence-electron chi connectivity index (χ4n) is 0. The Hall–Kier alpha value is -0.745. The quantitative estimate of drug-likeness (QED) is 0.467. The topological polar surface area (TPSA) is 37.3 Å². The second-order valence-corrected chi connectivity index (χ2v) is 1.14. The summed E-state index contributed by atoms with van der Waals surface area (Å²) in [6, 6.07) is 0. The van der Waals surface area contributed by atoms with E-state index >= 15 is 0 Å². The van der Waals surface area contributed by atoms with E-state index in [1.807, 2.05) is 0 Å². The van der Waals surface area contributed by atoms with Crippen molar-refractivity contribution in [1.82, 2.24) is 0 Å². The molecule has 0 saturated heterocycles. The number of hydrogen-bond donors (Lipinski definition) is 1. The van der Waals surface area contributed by atoms with Gasteiger partial charge in [0, 0.05) is 6.42 Å². The molecule has 0 bridgehead atoms. The highest BCUT2D eigenvalue weighted by molar-refractivity contribution is 6.50. The first-order chi connectivity index (χ1) is 4.27. The second-order valence-electron chi connectivity index (χ2n) is 1.14. The Morgan fingerprint density at radius 1 is 1.40 bits per heavy atom. The van der Waals surface area contributed by atoms with Crippen molar-refractivity contribution in [3.63, 3.8) is 0 Å². The summed E-state index contributed by atoms with van der Waals surface area (Å²) in [5, 5.41) is 7.66. The summed E-state index contributed by atoms with van der Waals surface area (Å²) < 4.78 is 39.0. The molecule has 0 aliphatic heterocycles. The van der Waals surface area contributed by atoms with Crippen LogP contribution in [0.5, 0.6) is 0 Å². The number of hydrogen-bond acceptors (Lipinski definition) is 1. The summed E-state index contributed by atoms with van der Waals surface area (Å²) in [4.78, 5) is 9.31. The molecule has 0 aromatic heterocycles. The first-order valence-corrected chi connectivity index (χ1v) is 2.15. The molecule has 0 heterocycles. The van der Waals surface area contributed by atoms with Crippen molar-refractivity contribution in [2.45, 2.75) is 6.42 Å². The first kappa shape index (κ1) is 12.0. The van der Waals surface area contributed by atoms with E-state index < -0.39 is 13.2 Å². The minimum absolute atomic E-state index is 0.0278. The van der Waals surface area contributed by atoms with Crippen LogP contribution in [0, 0.1) is 6.92 Å². The lowest BCUT2D eigenvalue weighted by atomic mass is 10.3. The minimum atomic E-state index is -6.00. The zero-order chi connectivity index (χ0) is 8.78. The highest BCUT2D eigenvalue weighted by Crippen LogP contribution is 2.06. The van der Waals surface area contributed by atoms with Crippen molar-refractivity contribution >= 4 is 13.2 Å². The van der Waals surface area contributed by atoms with E-state index in [9.17, 15) is 22.1 Å². The fraction of sp³-hybridized carbons (Fsp3) is 0.333. The van der Waals surface area contributed by atoms with Gasteiger partial charge in [0.1, 0.15) is 0 Å². The van der Waals surface area contributed by atoms with Crippen LogP contribution in [0.3, 0.4) is 0 Å². The SMILES string of the molecule is F[B-](F)(F)F.[CH2]CC(=O)O. The Morgan fingerprint density at radius 3 is 1.50 bits per heavy atom. The fourth-order valence-corrected chi connectivity index (χ4v) is 0. The van der Waals surface area contributed by atoms with Gasteiger partial charge in [-0.3, -0.25) is 4.79 Å². The molecule has 0 aliphatic rings. The van der Waals surface area contributed by atoms with Crippen molar-refractivity contribution in [2.75, 3.05) is 0 Å². The van der Waals surface area contributed by atoms with Gasteiger partial charge < -0.3 is 22.4 Å².